The zero-order chi connectivity index (χ0) is 18.4. The van der Waals surface area contributed by atoms with Crippen LogP contribution in [-0.2, 0) is 11.2 Å². The molecule has 1 heteroatoms. The first kappa shape index (κ1) is 17.5. The van der Waals surface area contributed by atoms with Gasteiger partial charge in [0, 0.05) is 13.4 Å². The number of carbonyl (C=O) groups is 1. The van der Waals surface area contributed by atoms with Crippen molar-refractivity contribution < 1.29 is 6.22 Å². The van der Waals surface area contributed by atoms with Gasteiger partial charge in [-0.3, -0.25) is 4.79 Å². The van der Waals surface area contributed by atoms with Gasteiger partial charge >= 0.3 is 0 Å². The molecule has 3 aromatic carbocycles. The number of benzene rings is 3. The third kappa shape index (κ3) is 4.18. The summed E-state index contributed by atoms with van der Waals surface area (Å²) in [6, 6.07) is 26.3. The van der Waals surface area contributed by atoms with Crippen LogP contribution in [0.4, 0.5) is 0 Å². The Balaban J connectivity index is 0.000000189. The molecule has 1 nitrogen and oxygen atoms in total. The Morgan fingerprint density at radius 3 is 2.35 bits per heavy atom. The minimum absolute atomic E-state index is 0. The predicted octanol–water partition coefficient (Wildman–Crippen LogP) is 5.80. The smallest absolute Gasteiger partial charge is 0.160 e. The zero-order valence-electron chi connectivity index (χ0n) is 14.8. The molecule has 0 bridgehead atoms. The molecule has 3 aromatic rings. The molecule has 128 valence electrons. The molecule has 0 heterocycles. The van der Waals surface area contributed by atoms with Gasteiger partial charge in [0.05, 0.1) is 0 Å². The molecule has 0 saturated carbocycles. The van der Waals surface area contributed by atoms with Crippen LogP contribution in [0.15, 0.2) is 84.9 Å². The SMILES string of the molecule is C#Cc1cccc(-c2ccccc2)c1.CC1=CC(=O)Cc2ccccc21.[HH]. The number of allylic oxidation sites excluding steroid dienone is 2. The number of terminal acetylenes is 1. The van der Waals surface area contributed by atoms with Gasteiger partial charge in [-0.25, -0.2) is 0 Å². The molecule has 0 aromatic heterocycles. The van der Waals surface area contributed by atoms with Gasteiger partial charge in [-0.15, -0.1) is 6.42 Å². The van der Waals surface area contributed by atoms with Crippen LogP contribution in [0.5, 0.6) is 0 Å². The van der Waals surface area contributed by atoms with Crippen molar-refractivity contribution in [3.63, 3.8) is 0 Å². The van der Waals surface area contributed by atoms with Crippen molar-refractivity contribution in [2.45, 2.75) is 13.3 Å². The van der Waals surface area contributed by atoms with Gasteiger partial charge in [-0.2, -0.15) is 0 Å². The van der Waals surface area contributed by atoms with Crippen LogP contribution in [0.3, 0.4) is 0 Å². The Morgan fingerprint density at radius 2 is 1.58 bits per heavy atom. The van der Waals surface area contributed by atoms with Gasteiger partial charge in [-0.05, 0) is 53.0 Å². The van der Waals surface area contributed by atoms with E-state index in [0.29, 0.717) is 6.42 Å². The summed E-state index contributed by atoms with van der Waals surface area (Å²) in [5, 5.41) is 0. The molecule has 0 unspecified atom stereocenters. The fourth-order valence-electron chi connectivity index (χ4n) is 3.04. The first-order chi connectivity index (χ1) is 12.7. The van der Waals surface area contributed by atoms with E-state index >= 15 is 0 Å². The Kier molecular flexibility index (Phi) is 5.46. The van der Waals surface area contributed by atoms with Crippen molar-refractivity contribution in [2.75, 3.05) is 0 Å². The Labute approximate surface area is 156 Å². The molecule has 0 N–H and O–H groups in total. The molecule has 0 radical (unpaired) electrons. The van der Waals surface area contributed by atoms with Crippen LogP contribution in [0.25, 0.3) is 16.7 Å². The van der Waals surface area contributed by atoms with Crippen LogP contribution >= 0.6 is 0 Å². The fraction of sp³-hybridized carbons (Fsp3) is 0.0800. The molecule has 0 atom stereocenters. The van der Waals surface area contributed by atoms with Crippen LogP contribution in [0.2, 0.25) is 0 Å². The second-order valence-corrected chi connectivity index (χ2v) is 6.22. The van der Waals surface area contributed by atoms with Gasteiger partial charge in [0.15, 0.2) is 5.78 Å². The van der Waals surface area contributed by atoms with Crippen LogP contribution in [0.1, 0.15) is 25.0 Å². The molecule has 1 aliphatic rings. The van der Waals surface area contributed by atoms with Gasteiger partial charge in [-0.1, -0.05) is 72.7 Å². The van der Waals surface area contributed by atoms with Crippen molar-refractivity contribution in [1.82, 2.24) is 0 Å². The van der Waals surface area contributed by atoms with Crippen molar-refractivity contribution in [3.05, 3.63) is 102 Å². The Hall–Kier alpha value is -3.37. The summed E-state index contributed by atoms with van der Waals surface area (Å²) >= 11 is 0. The second kappa shape index (κ2) is 8.14. The Bertz CT molecular complexity index is 994. The monoisotopic (exact) mass is 338 g/mol. The number of carbonyl (C=O) groups excluding carboxylic acids is 1. The molecule has 0 saturated heterocycles. The van der Waals surface area contributed by atoms with E-state index < -0.39 is 0 Å². The van der Waals surface area contributed by atoms with Crippen molar-refractivity contribution in [2.24, 2.45) is 0 Å². The van der Waals surface area contributed by atoms with E-state index in [-0.39, 0.29) is 7.21 Å². The van der Waals surface area contributed by atoms with E-state index in [2.05, 4.69) is 30.2 Å². The molecule has 26 heavy (non-hydrogen) atoms. The Morgan fingerprint density at radius 1 is 0.885 bits per heavy atom. The van der Waals surface area contributed by atoms with E-state index in [9.17, 15) is 4.79 Å². The molecule has 1 aliphatic carbocycles. The van der Waals surface area contributed by atoms with E-state index in [1.165, 1.54) is 16.7 Å². The summed E-state index contributed by atoms with van der Waals surface area (Å²) < 4.78 is 0. The average molecular weight is 338 g/mol. The third-order valence-electron chi connectivity index (χ3n) is 4.32. The number of rotatable bonds is 1. The van der Waals surface area contributed by atoms with Crippen molar-refractivity contribution in [3.8, 4) is 23.5 Å². The molecule has 0 fully saturated rings. The van der Waals surface area contributed by atoms with Gasteiger partial charge in [0.1, 0.15) is 0 Å². The number of hydrogen-bond donors (Lipinski definition) is 0. The quantitative estimate of drug-likeness (QED) is 0.513. The summed E-state index contributed by atoms with van der Waals surface area (Å²) in [5.41, 5.74) is 6.75. The predicted molar refractivity (Wildman–Crippen MR) is 111 cm³/mol. The topological polar surface area (TPSA) is 17.1 Å². The average Bonchev–Trinajstić information content (AvgIpc) is 2.69. The van der Waals surface area contributed by atoms with Gasteiger partial charge in [0.25, 0.3) is 0 Å². The highest BCUT2D eigenvalue weighted by atomic mass is 16.1. The standard InChI is InChI=1S/C14H10.C11H10O.H2/c1-2-12-7-6-10-14(11-12)13-8-4-3-5-9-13;1-8-6-10(12)7-9-4-2-3-5-11(8)9;/h1,3-11H;2-6H,7H2,1H3;1H. The summed E-state index contributed by atoms with van der Waals surface area (Å²) in [4.78, 5) is 11.2. The zero-order valence-corrected chi connectivity index (χ0v) is 14.8. The lowest BCUT2D eigenvalue weighted by molar-refractivity contribution is -0.114. The maximum Gasteiger partial charge on any atom is 0.160 e. The number of hydrogen-bond acceptors (Lipinski definition) is 1. The van der Waals surface area contributed by atoms with E-state index in [0.717, 1.165) is 16.7 Å². The largest absolute Gasteiger partial charge is 0.294 e. The summed E-state index contributed by atoms with van der Waals surface area (Å²) in [6.07, 6.45) is 7.63. The van der Waals surface area contributed by atoms with Crippen LogP contribution in [-0.4, -0.2) is 5.78 Å². The minimum atomic E-state index is 0. The lowest BCUT2D eigenvalue weighted by Gasteiger charge is -2.12. The molecule has 0 amide bonds. The van der Waals surface area contributed by atoms with Crippen molar-refractivity contribution >= 4 is 11.4 Å². The van der Waals surface area contributed by atoms with E-state index in [1.54, 1.807) is 6.08 Å². The second-order valence-electron chi connectivity index (χ2n) is 6.22. The first-order valence-electron chi connectivity index (χ1n) is 8.59. The minimum Gasteiger partial charge on any atom is -0.294 e. The summed E-state index contributed by atoms with van der Waals surface area (Å²) in [6.45, 7) is 1.98. The third-order valence-corrected chi connectivity index (χ3v) is 4.32. The van der Waals surface area contributed by atoms with E-state index in [4.69, 9.17) is 6.42 Å². The van der Waals surface area contributed by atoms with Gasteiger partial charge < -0.3 is 0 Å². The molecule has 4 rings (SSSR count). The first-order valence-corrected chi connectivity index (χ1v) is 8.59. The summed E-state index contributed by atoms with van der Waals surface area (Å²) in [7, 11) is 0. The van der Waals surface area contributed by atoms with Crippen molar-refractivity contribution in [1.29, 1.82) is 0 Å². The highest BCUT2D eigenvalue weighted by molar-refractivity contribution is 6.01. The normalized spacial score (nSPS) is 12.2. The summed E-state index contributed by atoms with van der Waals surface area (Å²) in [5.74, 6) is 2.85. The lowest BCUT2D eigenvalue weighted by Crippen LogP contribution is -2.07. The molecular weight excluding hydrogens is 316 g/mol. The maximum absolute atomic E-state index is 11.2. The number of fused-ring (bicyclic) bond motifs is 1. The fourth-order valence-corrected chi connectivity index (χ4v) is 3.04. The molecule has 0 aliphatic heterocycles. The lowest BCUT2D eigenvalue weighted by atomic mass is 9.91. The maximum atomic E-state index is 11.2. The molecule has 0 spiro atoms. The highest BCUT2D eigenvalue weighted by Gasteiger charge is 2.12. The van der Waals surface area contributed by atoms with Crippen LogP contribution in [0, 0.1) is 12.3 Å². The van der Waals surface area contributed by atoms with Crippen LogP contribution < -0.4 is 0 Å². The van der Waals surface area contributed by atoms with E-state index in [1.807, 2.05) is 61.5 Å². The van der Waals surface area contributed by atoms with Gasteiger partial charge in [0.2, 0.25) is 0 Å². The molecular formula is C25H22O. The highest BCUT2D eigenvalue weighted by Crippen LogP contribution is 2.23. The number of ketones is 1.